The first-order valence-electron chi connectivity index (χ1n) is 5.55. The molecule has 4 heteroatoms. The van der Waals surface area contributed by atoms with Gasteiger partial charge in [-0.05, 0) is 18.4 Å². The Bertz CT molecular complexity index is 331. The molecule has 1 atom stereocenters. The average Bonchev–Trinajstić information content (AvgIpc) is 2.27. The minimum atomic E-state index is -0.460. The standard InChI is InChI=1S/C12H18FNO2/c1-3-4-9(2)8-16-12-10(7-15)5-11(13)6-14-12/h5-6,9,15H,3-4,7-8H2,1-2H3. The zero-order valence-corrected chi connectivity index (χ0v) is 9.74. The minimum absolute atomic E-state index is 0.262. The fraction of sp³-hybridized carbons (Fsp3) is 0.583. The lowest BCUT2D eigenvalue weighted by Gasteiger charge is -2.13. The van der Waals surface area contributed by atoms with Crippen molar-refractivity contribution in [1.82, 2.24) is 4.98 Å². The van der Waals surface area contributed by atoms with Crippen LogP contribution in [0.15, 0.2) is 12.3 Å². The third-order valence-electron chi connectivity index (χ3n) is 2.35. The number of aliphatic hydroxyl groups is 1. The summed E-state index contributed by atoms with van der Waals surface area (Å²) in [7, 11) is 0. The summed E-state index contributed by atoms with van der Waals surface area (Å²) in [5.74, 6) is 0.299. The molecule has 0 saturated heterocycles. The SMILES string of the molecule is CCCC(C)COc1ncc(F)cc1CO. The van der Waals surface area contributed by atoms with Gasteiger partial charge in [0.25, 0.3) is 0 Å². The van der Waals surface area contributed by atoms with E-state index in [2.05, 4.69) is 18.8 Å². The van der Waals surface area contributed by atoms with Crippen LogP contribution >= 0.6 is 0 Å². The van der Waals surface area contributed by atoms with Crippen LogP contribution in [-0.4, -0.2) is 16.7 Å². The Morgan fingerprint density at radius 3 is 2.94 bits per heavy atom. The number of ether oxygens (including phenoxy) is 1. The summed E-state index contributed by atoms with van der Waals surface area (Å²) in [6.45, 7) is 4.49. The first-order valence-corrected chi connectivity index (χ1v) is 5.55. The molecule has 0 saturated carbocycles. The molecule has 0 aliphatic heterocycles. The molecule has 0 aliphatic carbocycles. The lowest BCUT2D eigenvalue weighted by Crippen LogP contribution is -2.10. The molecular formula is C12H18FNO2. The number of rotatable bonds is 6. The van der Waals surface area contributed by atoms with Crippen molar-refractivity contribution in [3.8, 4) is 5.88 Å². The number of aromatic nitrogens is 1. The van der Waals surface area contributed by atoms with E-state index in [0.717, 1.165) is 19.0 Å². The van der Waals surface area contributed by atoms with E-state index in [0.29, 0.717) is 24.0 Å². The second kappa shape index (κ2) is 6.43. The molecule has 1 unspecified atom stereocenters. The number of halogens is 1. The Balaban J connectivity index is 2.59. The molecule has 0 amide bonds. The predicted octanol–water partition coefficient (Wildman–Crippen LogP) is 2.53. The Morgan fingerprint density at radius 2 is 2.31 bits per heavy atom. The summed E-state index contributed by atoms with van der Waals surface area (Å²) in [5.41, 5.74) is 0.392. The maximum Gasteiger partial charge on any atom is 0.219 e. The number of hydrogen-bond donors (Lipinski definition) is 1. The Labute approximate surface area is 95.3 Å². The van der Waals surface area contributed by atoms with Gasteiger partial charge in [-0.1, -0.05) is 20.3 Å². The quantitative estimate of drug-likeness (QED) is 0.812. The summed E-state index contributed by atoms with van der Waals surface area (Å²) >= 11 is 0. The molecule has 1 rings (SSSR count). The van der Waals surface area contributed by atoms with E-state index in [1.165, 1.54) is 6.07 Å². The lowest BCUT2D eigenvalue weighted by molar-refractivity contribution is 0.225. The smallest absolute Gasteiger partial charge is 0.219 e. The van der Waals surface area contributed by atoms with Crippen molar-refractivity contribution in [2.75, 3.05) is 6.61 Å². The lowest BCUT2D eigenvalue weighted by atomic mass is 10.1. The first-order chi connectivity index (χ1) is 7.67. The largest absolute Gasteiger partial charge is 0.477 e. The van der Waals surface area contributed by atoms with E-state index in [1.54, 1.807) is 0 Å². The zero-order chi connectivity index (χ0) is 12.0. The maximum absolute atomic E-state index is 12.8. The Kier molecular flexibility index (Phi) is 5.19. The van der Waals surface area contributed by atoms with Gasteiger partial charge in [0, 0.05) is 5.56 Å². The number of pyridine rings is 1. The van der Waals surface area contributed by atoms with Gasteiger partial charge in [0.05, 0.1) is 19.4 Å². The third kappa shape index (κ3) is 3.77. The predicted molar refractivity (Wildman–Crippen MR) is 59.7 cm³/mol. The highest BCUT2D eigenvalue weighted by Crippen LogP contribution is 2.17. The van der Waals surface area contributed by atoms with Crippen LogP contribution in [0.1, 0.15) is 32.3 Å². The normalized spacial score (nSPS) is 12.5. The molecule has 90 valence electrons. The molecule has 1 N–H and O–H groups in total. The van der Waals surface area contributed by atoms with E-state index in [9.17, 15) is 4.39 Å². The summed E-state index contributed by atoms with van der Waals surface area (Å²) in [6, 6.07) is 1.24. The Hall–Kier alpha value is -1.16. The first kappa shape index (κ1) is 12.9. The molecule has 0 spiro atoms. The maximum atomic E-state index is 12.8. The molecule has 0 fully saturated rings. The van der Waals surface area contributed by atoms with Crippen molar-refractivity contribution in [3.05, 3.63) is 23.6 Å². The van der Waals surface area contributed by atoms with Gasteiger partial charge in [0.1, 0.15) is 5.82 Å². The molecule has 0 aliphatic rings. The van der Waals surface area contributed by atoms with E-state index >= 15 is 0 Å². The minimum Gasteiger partial charge on any atom is -0.477 e. The molecule has 1 heterocycles. The zero-order valence-electron chi connectivity index (χ0n) is 9.74. The van der Waals surface area contributed by atoms with Crippen LogP contribution in [0, 0.1) is 11.7 Å². The third-order valence-corrected chi connectivity index (χ3v) is 2.35. The van der Waals surface area contributed by atoms with Crippen molar-refractivity contribution >= 4 is 0 Å². The van der Waals surface area contributed by atoms with E-state index in [-0.39, 0.29) is 6.61 Å². The van der Waals surface area contributed by atoms with Gasteiger partial charge in [-0.2, -0.15) is 0 Å². The second-order valence-electron chi connectivity index (χ2n) is 3.98. The summed E-state index contributed by atoms with van der Waals surface area (Å²) in [5, 5.41) is 9.02. The van der Waals surface area contributed by atoms with Gasteiger partial charge in [0.15, 0.2) is 0 Å². The molecule has 1 aromatic rings. The molecular weight excluding hydrogens is 209 g/mol. The van der Waals surface area contributed by atoms with E-state index in [4.69, 9.17) is 9.84 Å². The van der Waals surface area contributed by atoms with Gasteiger partial charge in [-0.3, -0.25) is 0 Å². The Morgan fingerprint density at radius 1 is 1.56 bits per heavy atom. The van der Waals surface area contributed by atoms with Crippen molar-refractivity contribution < 1.29 is 14.2 Å². The fourth-order valence-corrected chi connectivity index (χ4v) is 1.51. The van der Waals surface area contributed by atoms with Crippen LogP contribution in [0.4, 0.5) is 4.39 Å². The summed E-state index contributed by atoms with van der Waals surface area (Å²) < 4.78 is 18.3. The number of nitrogens with zero attached hydrogens (tertiary/aromatic N) is 1. The highest BCUT2D eigenvalue weighted by Gasteiger charge is 2.08. The second-order valence-corrected chi connectivity index (χ2v) is 3.98. The monoisotopic (exact) mass is 227 g/mol. The number of hydrogen-bond acceptors (Lipinski definition) is 3. The molecule has 16 heavy (non-hydrogen) atoms. The van der Waals surface area contributed by atoms with Crippen molar-refractivity contribution in [3.63, 3.8) is 0 Å². The van der Waals surface area contributed by atoms with Crippen LogP contribution in [0.3, 0.4) is 0 Å². The van der Waals surface area contributed by atoms with Gasteiger partial charge in [-0.15, -0.1) is 0 Å². The van der Waals surface area contributed by atoms with E-state index in [1.807, 2.05) is 0 Å². The highest BCUT2D eigenvalue weighted by molar-refractivity contribution is 5.25. The van der Waals surface area contributed by atoms with Gasteiger partial charge in [0.2, 0.25) is 5.88 Å². The molecule has 0 bridgehead atoms. The average molecular weight is 227 g/mol. The van der Waals surface area contributed by atoms with Crippen LogP contribution < -0.4 is 4.74 Å². The van der Waals surface area contributed by atoms with Gasteiger partial charge in [-0.25, -0.2) is 9.37 Å². The molecule has 0 aromatic carbocycles. The van der Waals surface area contributed by atoms with Crippen molar-refractivity contribution in [2.24, 2.45) is 5.92 Å². The van der Waals surface area contributed by atoms with Gasteiger partial charge >= 0.3 is 0 Å². The number of aliphatic hydroxyl groups excluding tert-OH is 1. The van der Waals surface area contributed by atoms with Gasteiger partial charge < -0.3 is 9.84 Å². The van der Waals surface area contributed by atoms with Crippen LogP contribution in [0.5, 0.6) is 5.88 Å². The fourth-order valence-electron chi connectivity index (χ4n) is 1.51. The molecule has 0 radical (unpaired) electrons. The van der Waals surface area contributed by atoms with E-state index < -0.39 is 5.82 Å². The van der Waals surface area contributed by atoms with Crippen molar-refractivity contribution in [1.29, 1.82) is 0 Å². The van der Waals surface area contributed by atoms with Crippen molar-refractivity contribution in [2.45, 2.75) is 33.3 Å². The van der Waals surface area contributed by atoms with Crippen LogP contribution in [0.2, 0.25) is 0 Å². The summed E-state index contributed by atoms with van der Waals surface area (Å²) in [4.78, 5) is 3.82. The summed E-state index contributed by atoms with van der Waals surface area (Å²) in [6.07, 6.45) is 3.28. The molecule has 1 aromatic heterocycles. The molecule has 3 nitrogen and oxygen atoms in total. The van der Waals surface area contributed by atoms with Crippen LogP contribution in [-0.2, 0) is 6.61 Å². The highest BCUT2D eigenvalue weighted by atomic mass is 19.1. The topological polar surface area (TPSA) is 42.4 Å². The van der Waals surface area contributed by atoms with Crippen LogP contribution in [0.25, 0.3) is 0 Å².